The lowest BCUT2D eigenvalue weighted by atomic mass is 10.0. The zero-order valence-electron chi connectivity index (χ0n) is 16.3. The molecule has 1 aliphatic rings. The van der Waals surface area contributed by atoms with Gasteiger partial charge < -0.3 is 15.0 Å². The Morgan fingerprint density at radius 2 is 2.11 bits per heavy atom. The largest absolute Gasteiger partial charge is 0.383 e. The zero-order valence-corrected chi connectivity index (χ0v) is 17.1. The topological polar surface area (TPSA) is 85.2 Å². The van der Waals surface area contributed by atoms with Crippen LogP contribution in [0.1, 0.15) is 29.1 Å². The van der Waals surface area contributed by atoms with Gasteiger partial charge in [0, 0.05) is 37.8 Å². The maximum absolute atomic E-state index is 12.9. The molecule has 8 nitrogen and oxygen atoms in total. The molecular formula is C19H22N6O2S. The molecule has 1 N–H and O–H groups in total. The summed E-state index contributed by atoms with van der Waals surface area (Å²) in [4.78, 5) is 25.7. The summed E-state index contributed by atoms with van der Waals surface area (Å²) in [6.45, 7) is 5.24. The van der Waals surface area contributed by atoms with E-state index in [0.717, 1.165) is 26.8 Å². The number of carbonyl (C=O) groups excluding carboxylic acids is 1. The number of hydrogen-bond donors (Lipinski definition) is 1. The highest BCUT2D eigenvalue weighted by atomic mass is 32.1. The van der Waals surface area contributed by atoms with E-state index < -0.39 is 0 Å². The highest BCUT2D eigenvalue weighted by Gasteiger charge is 2.44. The van der Waals surface area contributed by atoms with Crippen molar-refractivity contribution in [3.8, 4) is 10.6 Å². The second kappa shape index (κ2) is 6.99. The molecule has 0 atom stereocenters. The molecule has 0 saturated heterocycles. The quantitative estimate of drug-likeness (QED) is 0.687. The van der Waals surface area contributed by atoms with E-state index in [1.165, 1.54) is 0 Å². The molecule has 0 bridgehead atoms. The number of aromatic nitrogens is 4. The van der Waals surface area contributed by atoms with Crippen molar-refractivity contribution in [2.75, 3.05) is 25.6 Å². The van der Waals surface area contributed by atoms with Crippen LogP contribution < -0.4 is 5.32 Å². The van der Waals surface area contributed by atoms with E-state index in [1.54, 1.807) is 35.5 Å². The van der Waals surface area contributed by atoms with E-state index in [1.807, 2.05) is 30.1 Å². The lowest BCUT2D eigenvalue weighted by Gasteiger charge is -2.31. The first-order chi connectivity index (χ1) is 13.4. The number of ether oxygens (including phenoxy) is 1. The van der Waals surface area contributed by atoms with Gasteiger partial charge >= 0.3 is 0 Å². The third-order valence-electron chi connectivity index (χ3n) is 4.93. The number of thiophene rings is 1. The number of nitrogens with one attached hydrogen (secondary N) is 1. The highest BCUT2D eigenvalue weighted by Crippen LogP contribution is 2.45. The summed E-state index contributed by atoms with van der Waals surface area (Å²) in [5, 5.41) is 7.29. The molecule has 0 fully saturated rings. The zero-order chi connectivity index (χ0) is 19.9. The predicted molar refractivity (Wildman–Crippen MR) is 108 cm³/mol. The monoisotopic (exact) mass is 398 g/mol. The van der Waals surface area contributed by atoms with Crippen molar-refractivity contribution >= 4 is 29.0 Å². The van der Waals surface area contributed by atoms with Gasteiger partial charge in [-0.25, -0.2) is 9.97 Å². The molecular weight excluding hydrogens is 376 g/mol. The Labute approximate surface area is 167 Å². The van der Waals surface area contributed by atoms with Gasteiger partial charge in [0.15, 0.2) is 0 Å². The number of nitrogens with zero attached hydrogens (tertiary/aromatic N) is 5. The number of anilines is 2. The number of hydrogen-bond acceptors (Lipinski definition) is 7. The molecule has 1 amide bonds. The van der Waals surface area contributed by atoms with Crippen LogP contribution in [0.2, 0.25) is 0 Å². The second-order valence-electron chi connectivity index (χ2n) is 7.09. The van der Waals surface area contributed by atoms with E-state index >= 15 is 0 Å². The fraction of sp³-hybridized carbons (Fsp3) is 0.368. The standard InChI is InChI=1S/C19H22N6O2S/c1-19(2)16-12(17(26)25(19)9-10-27-4)11-14(28-16)13-5-7-20-18(22-13)23-15-6-8-21-24(15)3/h5-8,11H,9-10H2,1-4H3,(H,20,22,23). The summed E-state index contributed by atoms with van der Waals surface area (Å²) < 4.78 is 6.87. The van der Waals surface area contributed by atoms with Crippen molar-refractivity contribution in [3.63, 3.8) is 0 Å². The molecule has 28 heavy (non-hydrogen) atoms. The molecule has 1 aliphatic heterocycles. The Balaban J connectivity index is 1.63. The van der Waals surface area contributed by atoms with E-state index in [2.05, 4.69) is 34.2 Å². The maximum atomic E-state index is 12.9. The smallest absolute Gasteiger partial charge is 0.255 e. The molecule has 4 rings (SSSR count). The summed E-state index contributed by atoms with van der Waals surface area (Å²) in [5.74, 6) is 1.33. The highest BCUT2D eigenvalue weighted by molar-refractivity contribution is 7.16. The number of methoxy groups -OCH3 is 1. The molecule has 3 aromatic rings. The fourth-order valence-corrected chi connectivity index (χ4v) is 4.61. The van der Waals surface area contributed by atoms with Gasteiger partial charge in [-0.2, -0.15) is 5.10 Å². The van der Waals surface area contributed by atoms with Gasteiger partial charge in [0.2, 0.25) is 5.95 Å². The summed E-state index contributed by atoms with van der Waals surface area (Å²) in [6.07, 6.45) is 3.42. The number of amides is 1. The Bertz CT molecular complexity index is 1030. The van der Waals surface area contributed by atoms with Crippen molar-refractivity contribution in [2.24, 2.45) is 7.05 Å². The van der Waals surface area contributed by atoms with Crippen molar-refractivity contribution < 1.29 is 9.53 Å². The van der Waals surface area contributed by atoms with E-state index in [-0.39, 0.29) is 11.4 Å². The molecule has 0 spiro atoms. The number of rotatable bonds is 6. The fourth-order valence-electron chi connectivity index (χ4n) is 3.38. The minimum atomic E-state index is -0.364. The molecule has 0 saturated carbocycles. The average molecular weight is 398 g/mol. The lowest BCUT2D eigenvalue weighted by molar-refractivity contribution is 0.0526. The van der Waals surface area contributed by atoms with Crippen LogP contribution in [0.5, 0.6) is 0 Å². The number of fused-ring (bicyclic) bond motifs is 1. The Morgan fingerprint density at radius 1 is 1.29 bits per heavy atom. The van der Waals surface area contributed by atoms with Gasteiger partial charge in [-0.1, -0.05) is 0 Å². The molecule has 3 aromatic heterocycles. The van der Waals surface area contributed by atoms with Gasteiger partial charge in [0.05, 0.1) is 34.5 Å². The Morgan fingerprint density at radius 3 is 2.79 bits per heavy atom. The summed E-state index contributed by atoms with van der Waals surface area (Å²) >= 11 is 1.60. The average Bonchev–Trinajstić information content (AvgIpc) is 3.33. The van der Waals surface area contributed by atoms with Crippen LogP contribution >= 0.6 is 11.3 Å². The number of carbonyl (C=O) groups is 1. The van der Waals surface area contributed by atoms with Crippen molar-refractivity contribution in [1.29, 1.82) is 0 Å². The summed E-state index contributed by atoms with van der Waals surface area (Å²) in [6, 6.07) is 5.65. The Hall–Kier alpha value is -2.78. The van der Waals surface area contributed by atoms with Crippen LogP contribution in [0.4, 0.5) is 11.8 Å². The number of aryl methyl sites for hydroxylation is 1. The minimum Gasteiger partial charge on any atom is -0.383 e. The maximum Gasteiger partial charge on any atom is 0.255 e. The van der Waals surface area contributed by atoms with Crippen molar-refractivity contribution in [2.45, 2.75) is 19.4 Å². The first kappa shape index (κ1) is 18.6. The molecule has 0 aromatic carbocycles. The van der Waals surface area contributed by atoms with Gasteiger partial charge in [0.1, 0.15) is 5.82 Å². The first-order valence-electron chi connectivity index (χ1n) is 8.95. The van der Waals surface area contributed by atoms with Crippen molar-refractivity contribution in [3.05, 3.63) is 41.0 Å². The first-order valence-corrected chi connectivity index (χ1v) is 9.77. The third kappa shape index (κ3) is 3.06. The van der Waals surface area contributed by atoms with Gasteiger partial charge in [-0.05, 0) is 26.0 Å². The van der Waals surface area contributed by atoms with Crippen LogP contribution in [0.15, 0.2) is 30.6 Å². The molecule has 0 unspecified atom stereocenters. The predicted octanol–water partition coefficient (Wildman–Crippen LogP) is 3.02. The van der Waals surface area contributed by atoms with Gasteiger partial charge in [-0.15, -0.1) is 11.3 Å². The molecule has 0 radical (unpaired) electrons. The van der Waals surface area contributed by atoms with E-state index in [0.29, 0.717) is 19.1 Å². The minimum absolute atomic E-state index is 0.0434. The van der Waals surface area contributed by atoms with Gasteiger partial charge in [0.25, 0.3) is 5.91 Å². The second-order valence-corrected chi connectivity index (χ2v) is 8.14. The summed E-state index contributed by atoms with van der Waals surface area (Å²) in [5.41, 5.74) is 1.17. The van der Waals surface area contributed by atoms with Crippen LogP contribution in [-0.2, 0) is 17.3 Å². The van der Waals surface area contributed by atoms with Crippen LogP contribution in [0.25, 0.3) is 10.6 Å². The molecule has 4 heterocycles. The lowest BCUT2D eigenvalue weighted by Crippen LogP contribution is -2.41. The van der Waals surface area contributed by atoms with E-state index in [4.69, 9.17) is 4.74 Å². The molecule has 9 heteroatoms. The van der Waals surface area contributed by atoms with Crippen molar-refractivity contribution in [1.82, 2.24) is 24.6 Å². The molecule has 146 valence electrons. The molecule has 0 aliphatic carbocycles. The SMILES string of the molecule is COCCN1C(=O)c2cc(-c3ccnc(Nc4ccnn4C)n3)sc2C1(C)C. The normalized spacial score (nSPS) is 15.1. The third-order valence-corrected chi connectivity index (χ3v) is 6.40. The van der Waals surface area contributed by atoms with Gasteiger partial charge in [-0.3, -0.25) is 9.48 Å². The Kier molecular flexibility index (Phi) is 4.64. The van der Waals surface area contributed by atoms with Crippen LogP contribution in [0, 0.1) is 0 Å². The summed E-state index contributed by atoms with van der Waals surface area (Å²) in [7, 11) is 3.49. The van der Waals surface area contributed by atoms with Crippen LogP contribution in [0.3, 0.4) is 0 Å². The van der Waals surface area contributed by atoms with E-state index in [9.17, 15) is 4.79 Å². The van der Waals surface area contributed by atoms with Crippen LogP contribution in [-0.4, -0.2) is 50.8 Å².